The van der Waals surface area contributed by atoms with Gasteiger partial charge in [0.1, 0.15) is 0 Å². The van der Waals surface area contributed by atoms with E-state index in [1.165, 1.54) is 17.7 Å². The molecular formula is C21H33IN4OS. The highest BCUT2D eigenvalue weighted by atomic mass is 127. The highest BCUT2D eigenvalue weighted by molar-refractivity contribution is 14.0. The summed E-state index contributed by atoms with van der Waals surface area (Å²) in [5.74, 6) is 2.47. The molecule has 156 valence electrons. The lowest BCUT2D eigenvalue weighted by Gasteiger charge is -2.21. The van der Waals surface area contributed by atoms with Crippen molar-refractivity contribution >= 4 is 47.6 Å². The van der Waals surface area contributed by atoms with Gasteiger partial charge in [-0.05, 0) is 38.3 Å². The van der Waals surface area contributed by atoms with Crippen LogP contribution in [0.15, 0.2) is 40.2 Å². The van der Waals surface area contributed by atoms with Gasteiger partial charge in [-0.1, -0.05) is 31.0 Å². The molecule has 1 amide bonds. The van der Waals surface area contributed by atoms with Gasteiger partial charge >= 0.3 is 0 Å². The minimum Gasteiger partial charge on any atom is -0.357 e. The fourth-order valence-electron chi connectivity index (χ4n) is 3.86. The molecule has 1 atom stereocenters. The van der Waals surface area contributed by atoms with Crippen molar-refractivity contribution < 1.29 is 4.79 Å². The monoisotopic (exact) mass is 516 g/mol. The number of guanidine groups is 1. The molecule has 1 saturated heterocycles. The maximum Gasteiger partial charge on any atom is 0.225 e. The zero-order valence-corrected chi connectivity index (χ0v) is 19.9. The first kappa shape index (κ1) is 23.3. The van der Waals surface area contributed by atoms with Crippen molar-refractivity contribution in [3.05, 3.63) is 30.3 Å². The normalized spacial score (nSPS) is 20.1. The summed E-state index contributed by atoms with van der Waals surface area (Å²) >= 11 is 1.83. The van der Waals surface area contributed by atoms with Crippen molar-refractivity contribution in [1.82, 2.24) is 15.5 Å². The van der Waals surface area contributed by atoms with Crippen LogP contribution in [0.2, 0.25) is 0 Å². The second-order valence-electron chi connectivity index (χ2n) is 7.32. The average Bonchev–Trinajstić information content (AvgIpc) is 3.38. The Morgan fingerprint density at radius 2 is 1.96 bits per heavy atom. The lowest BCUT2D eigenvalue weighted by Crippen LogP contribution is -2.45. The Morgan fingerprint density at radius 1 is 1.21 bits per heavy atom. The molecule has 5 nitrogen and oxygen atoms in total. The standard InChI is InChI=1S/C21H32N4OS.HI/c1-2-22-21(23-13-15-27-19-10-4-3-5-11-19)24-18-12-14-25(16-18)20(26)17-8-6-7-9-17;/h3-5,10-11,17-18H,2,6-9,12-16H2,1H3,(H2,22,23,24);1H. The van der Waals surface area contributed by atoms with Crippen LogP contribution in [0.5, 0.6) is 0 Å². The fourth-order valence-corrected chi connectivity index (χ4v) is 4.63. The number of thioether (sulfide) groups is 1. The maximum absolute atomic E-state index is 12.6. The van der Waals surface area contributed by atoms with E-state index in [0.29, 0.717) is 11.9 Å². The van der Waals surface area contributed by atoms with Gasteiger partial charge in [0, 0.05) is 42.2 Å². The molecule has 1 aromatic rings. The van der Waals surface area contributed by atoms with Gasteiger partial charge in [-0.25, -0.2) is 0 Å². The van der Waals surface area contributed by atoms with E-state index in [0.717, 1.165) is 57.2 Å². The summed E-state index contributed by atoms with van der Waals surface area (Å²) in [6.07, 6.45) is 5.59. The van der Waals surface area contributed by atoms with E-state index in [9.17, 15) is 4.79 Å². The molecule has 0 bridgehead atoms. The quantitative estimate of drug-likeness (QED) is 0.191. The number of carbonyl (C=O) groups is 1. The van der Waals surface area contributed by atoms with Crippen LogP contribution < -0.4 is 10.6 Å². The second kappa shape index (κ2) is 12.6. The summed E-state index contributed by atoms with van der Waals surface area (Å²) in [5, 5.41) is 6.86. The number of benzene rings is 1. The molecule has 1 heterocycles. The molecule has 0 spiro atoms. The molecular weight excluding hydrogens is 483 g/mol. The number of hydrogen-bond donors (Lipinski definition) is 2. The largest absolute Gasteiger partial charge is 0.357 e. The minimum absolute atomic E-state index is 0. The van der Waals surface area contributed by atoms with Crippen molar-refractivity contribution in [2.45, 2.75) is 50.0 Å². The molecule has 1 aliphatic carbocycles. The molecule has 0 radical (unpaired) electrons. The van der Waals surface area contributed by atoms with Crippen LogP contribution in [0.1, 0.15) is 39.0 Å². The van der Waals surface area contributed by atoms with E-state index < -0.39 is 0 Å². The highest BCUT2D eigenvalue weighted by Crippen LogP contribution is 2.27. The third kappa shape index (κ3) is 7.13. The molecule has 7 heteroatoms. The summed E-state index contributed by atoms with van der Waals surface area (Å²) < 4.78 is 0. The van der Waals surface area contributed by atoms with Crippen LogP contribution in [-0.4, -0.2) is 54.7 Å². The third-order valence-corrected chi connectivity index (χ3v) is 6.25. The number of halogens is 1. The Labute approximate surface area is 190 Å². The van der Waals surface area contributed by atoms with E-state index in [4.69, 9.17) is 4.99 Å². The topological polar surface area (TPSA) is 56.7 Å². The zero-order valence-electron chi connectivity index (χ0n) is 16.7. The minimum atomic E-state index is 0. The Hall–Kier alpha value is -0.960. The number of aliphatic imine (C=N–C) groups is 1. The van der Waals surface area contributed by atoms with Gasteiger partial charge in [-0.2, -0.15) is 0 Å². The van der Waals surface area contributed by atoms with Gasteiger partial charge in [0.15, 0.2) is 5.96 Å². The Morgan fingerprint density at radius 3 is 2.68 bits per heavy atom. The predicted octanol–water partition coefficient (Wildman–Crippen LogP) is 3.74. The van der Waals surface area contributed by atoms with Crippen molar-refractivity contribution in [2.24, 2.45) is 10.9 Å². The molecule has 0 aromatic heterocycles. The SMILES string of the molecule is CCNC(=NCCSc1ccccc1)NC1CCN(C(=O)C2CCCC2)C1.I. The van der Waals surface area contributed by atoms with Crippen LogP contribution in [-0.2, 0) is 4.79 Å². The van der Waals surface area contributed by atoms with Crippen LogP contribution >= 0.6 is 35.7 Å². The van der Waals surface area contributed by atoms with Crippen molar-refractivity contribution in [3.8, 4) is 0 Å². The number of amides is 1. The molecule has 28 heavy (non-hydrogen) atoms. The van der Waals surface area contributed by atoms with Crippen LogP contribution in [0.3, 0.4) is 0 Å². The number of hydrogen-bond acceptors (Lipinski definition) is 3. The Kier molecular flexibility index (Phi) is 10.5. The van der Waals surface area contributed by atoms with E-state index in [1.807, 2.05) is 17.8 Å². The van der Waals surface area contributed by atoms with Crippen LogP contribution in [0.25, 0.3) is 0 Å². The Bertz CT molecular complexity index is 622. The number of carbonyl (C=O) groups excluding carboxylic acids is 1. The van der Waals surface area contributed by atoms with Crippen LogP contribution in [0.4, 0.5) is 0 Å². The van der Waals surface area contributed by atoms with Gasteiger partial charge in [0.2, 0.25) is 5.91 Å². The van der Waals surface area contributed by atoms with E-state index in [2.05, 4.69) is 46.7 Å². The summed E-state index contributed by atoms with van der Waals surface area (Å²) in [4.78, 5) is 20.6. The summed E-state index contributed by atoms with van der Waals surface area (Å²) in [6.45, 7) is 5.37. The molecule has 3 rings (SSSR count). The number of nitrogens with one attached hydrogen (secondary N) is 2. The molecule has 1 aliphatic heterocycles. The fraction of sp³-hybridized carbons (Fsp3) is 0.619. The van der Waals surface area contributed by atoms with E-state index >= 15 is 0 Å². The zero-order chi connectivity index (χ0) is 18.9. The first-order valence-electron chi connectivity index (χ1n) is 10.3. The van der Waals surface area contributed by atoms with Gasteiger partial charge in [0.05, 0.1) is 6.54 Å². The Balaban J connectivity index is 0.00000280. The van der Waals surface area contributed by atoms with Gasteiger partial charge in [-0.3, -0.25) is 9.79 Å². The molecule has 2 fully saturated rings. The van der Waals surface area contributed by atoms with Crippen LogP contribution in [0, 0.1) is 5.92 Å². The first-order valence-corrected chi connectivity index (χ1v) is 11.3. The van der Waals surface area contributed by atoms with Gasteiger partial charge < -0.3 is 15.5 Å². The lowest BCUT2D eigenvalue weighted by atomic mass is 10.1. The van der Waals surface area contributed by atoms with E-state index in [1.54, 1.807) is 0 Å². The van der Waals surface area contributed by atoms with Gasteiger partial charge in [-0.15, -0.1) is 35.7 Å². The molecule has 1 saturated carbocycles. The van der Waals surface area contributed by atoms with Crippen molar-refractivity contribution in [3.63, 3.8) is 0 Å². The first-order chi connectivity index (χ1) is 13.3. The lowest BCUT2D eigenvalue weighted by molar-refractivity contribution is -0.134. The molecule has 2 aliphatic rings. The summed E-state index contributed by atoms with van der Waals surface area (Å²) in [6, 6.07) is 10.7. The smallest absolute Gasteiger partial charge is 0.225 e. The number of rotatable bonds is 7. The third-order valence-electron chi connectivity index (χ3n) is 5.26. The molecule has 1 aromatic carbocycles. The maximum atomic E-state index is 12.6. The summed E-state index contributed by atoms with van der Waals surface area (Å²) in [7, 11) is 0. The van der Waals surface area contributed by atoms with Crippen molar-refractivity contribution in [2.75, 3.05) is 31.9 Å². The number of nitrogens with zero attached hydrogens (tertiary/aromatic N) is 2. The second-order valence-corrected chi connectivity index (χ2v) is 8.49. The molecule has 1 unspecified atom stereocenters. The summed E-state index contributed by atoms with van der Waals surface area (Å²) in [5.41, 5.74) is 0. The van der Waals surface area contributed by atoms with Gasteiger partial charge in [0.25, 0.3) is 0 Å². The number of likely N-dealkylation sites (tertiary alicyclic amines) is 1. The predicted molar refractivity (Wildman–Crippen MR) is 129 cm³/mol. The molecule has 2 N–H and O–H groups in total. The highest BCUT2D eigenvalue weighted by Gasteiger charge is 2.32. The van der Waals surface area contributed by atoms with Crippen molar-refractivity contribution in [1.29, 1.82) is 0 Å². The average molecular weight is 516 g/mol. The van der Waals surface area contributed by atoms with E-state index in [-0.39, 0.29) is 29.9 Å².